The molecule has 0 aliphatic rings. The summed E-state index contributed by atoms with van der Waals surface area (Å²) in [6.45, 7) is -0.778. The van der Waals surface area contributed by atoms with E-state index in [4.69, 9.17) is 5.73 Å². The molecule has 9 heteroatoms. The van der Waals surface area contributed by atoms with Crippen molar-refractivity contribution in [1.29, 1.82) is 0 Å². The average Bonchev–Trinajstić information content (AvgIpc) is 1.97. The molecule has 0 aromatic rings. The molecular weight excluding hydrogens is 174 g/mol. The van der Waals surface area contributed by atoms with Crippen molar-refractivity contribution in [3.8, 4) is 0 Å². The Morgan fingerprint density at radius 2 is 1.92 bits per heavy atom. The zero-order chi connectivity index (χ0) is 9.56. The van der Waals surface area contributed by atoms with E-state index in [1.165, 1.54) is 0 Å². The Labute approximate surface area is 66.3 Å². The topological polar surface area (TPSA) is 131 Å². The molecule has 0 saturated carbocycles. The Balaban J connectivity index is 3.67. The smallest absolute Gasteiger partial charge is 0.294 e. The van der Waals surface area contributed by atoms with Gasteiger partial charge in [0, 0.05) is 6.54 Å². The third-order valence-corrected chi connectivity index (χ3v) is 0.864. The summed E-state index contributed by atoms with van der Waals surface area (Å²) in [6, 6.07) is 0. The second-order valence-corrected chi connectivity index (χ2v) is 1.71. The Bertz CT molecular complexity index is 171. The maximum atomic E-state index is 9.72. The van der Waals surface area contributed by atoms with Crippen molar-refractivity contribution in [2.75, 3.05) is 13.2 Å². The summed E-state index contributed by atoms with van der Waals surface area (Å²) in [5.74, 6) is 0. The lowest BCUT2D eigenvalue weighted by Gasteiger charge is -2.09. The van der Waals surface area contributed by atoms with Gasteiger partial charge in [0.2, 0.25) is 0 Å². The van der Waals surface area contributed by atoms with Crippen LogP contribution >= 0.6 is 0 Å². The zero-order valence-electron chi connectivity index (χ0n) is 5.91. The van der Waals surface area contributed by atoms with E-state index in [1.807, 2.05) is 0 Å². The van der Waals surface area contributed by atoms with Crippen LogP contribution in [0.2, 0.25) is 0 Å². The summed E-state index contributed by atoms with van der Waals surface area (Å²) in [7, 11) is 0. The first-order valence-electron chi connectivity index (χ1n) is 2.84. The molecule has 0 amide bonds. The molecule has 0 unspecified atom stereocenters. The summed E-state index contributed by atoms with van der Waals surface area (Å²) in [5, 5.41) is 17.2. The molecule has 9 nitrogen and oxygen atoms in total. The molecule has 0 bridgehead atoms. The number of hydrogen-bond donors (Lipinski definition) is 1. The van der Waals surface area contributed by atoms with Crippen LogP contribution in [-0.2, 0) is 9.68 Å². The van der Waals surface area contributed by atoms with Crippen LogP contribution in [0.25, 0.3) is 0 Å². The highest BCUT2D eigenvalue weighted by Crippen LogP contribution is 1.91. The van der Waals surface area contributed by atoms with Gasteiger partial charge in [-0.05, 0) is 0 Å². The largest absolute Gasteiger partial charge is 0.328 e. The Hall–Kier alpha value is -1.64. The molecule has 0 spiro atoms. The van der Waals surface area contributed by atoms with Gasteiger partial charge < -0.3 is 15.4 Å². The second-order valence-electron chi connectivity index (χ2n) is 1.71. The third-order valence-electron chi connectivity index (χ3n) is 0.864. The fourth-order valence-electron chi connectivity index (χ4n) is 0.407. The number of hydrogen-bond acceptors (Lipinski definition) is 7. The normalized spacial score (nSPS) is 11.8. The van der Waals surface area contributed by atoms with E-state index in [2.05, 4.69) is 9.68 Å². The molecule has 0 aliphatic carbocycles. The molecule has 0 radical (unpaired) electrons. The Morgan fingerprint density at radius 1 is 1.33 bits per heavy atom. The molecule has 0 heterocycles. The van der Waals surface area contributed by atoms with Gasteiger partial charge in [-0.15, -0.1) is 20.2 Å². The predicted molar refractivity (Wildman–Crippen MR) is 33.9 cm³/mol. The number of nitrogens with zero attached hydrogens (tertiary/aromatic N) is 2. The lowest BCUT2D eigenvalue weighted by Crippen LogP contribution is -2.31. The standard InChI is InChI=1S/C3H7N3O6/c4-1-3(12-6(9)10)2-11-5(7)8/h3H,1-2,4H2/t3-/m0/s1. The SMILES string of the molecule is NC[C@@H](CO[N+](=O)[O-])O[N+](=O)[O-]. The molecule has 0 fully saturated rings. The molecule has 0 aromatic carbocycles. The van der Waals surface area contributed by atoms with Crippen molar-refractivity contribution in [1.82, 2.24) is 0 Å². The van der Waals surface area contributed by atoms with E-state index in [0.717, 1.165) is 0 Å². The summed E-state index contributed by atoms with van der Waals surface area (Å²) in [6.07, 6.45) is -1.11. The molecule has 0 rings (SSSR count). The van der Waals surface area contributed by atoms with Gasteiger partial charge in [0.25, 0.3) is 10.2 Å². The van der Waals surface area contributed by atoms with E-state index in [-0.39, 0.29) is 6.54 Å². The van der Waals surface area contributed by atoms with Gasteiger partial charge in [-0.1, -0.05) is 0 Å². The molecule has 0 saturated heterocycles. The van der Waals surface area contributed by atoms with E-state index >= 15 is 0 Å². The summed E-state index contributed by atoms with van der Waals surface area (Å²) < 4.78 is 0. The lowest BCUT2D eigenvalue weighted by molar-refractivity contribution is -0.789. The first-order chi connectivity index (χ1) is 5.56. The fraction of sp³-hybridized carbons (Fsp3) is 1.00. The first-order valence-corrected chi connectivity index (χ1v) is 2.84. The minimum Gasteiger partial charge on any atom is -0.328 e. The van der Waals surface area contributed by atoms with Gasteiger partial charge in [-0.25, -0.2) is 0 Å². The van der Waals surface area contributed by atoms with Crippen LogP contribution in [-0.4, -0.2) is 29.4 Å². The van der Waals surface area contributed by atoms with Gasteiger partial charge in [-0.3, -0.25) is 0 Å². The fourth-order valence-corrected chi connectivity index (χ4v) is 0.407. The Kier molecular flexibility index (Phi) is 4.38. The van der Waals surface area contributed by atoms with Crippen LogP contribution in [0.1, 0.15) is 0 Å². The quantitative estimate of drug-likeness (QED) is 0.399. The van der Waals surface area contributed by atoms with E-state index < -0.39 is 22.9 Å². The van der Waals surface area contributed by atoms with Gasteiger partial charge in [0.15, 0.2) is 0 Å². The van der Waals surface area contributed by atoms with Crippen molar-refractivity contribution in [2.45, 2.75) is 6.10 Å². The van der Waals surface area contributed by atoms with E-state index in [0.29, 0.717) is 0 Å². The van der Waals surface area contributed by atoms with Gasteiger partial charge >= 0.3 is 0 Å². The summed E-state index contributed by atoms with van der Waals surface area (Å²) in [5.41, 5.74) is 4.98. The number of rotatable bonds is 6. The van der Waals surface area contributed by atoms with Crippen molar-refractivity contribution in [3.63, 3.8) is 0 Å². The Morgan fingerprint density at radius 3 is 2.25 bits per heavy atom. The van der Waals surface area contributed by atoms with Crippen LogP contribution in [0, 0.1) is 20.2 Å². The highest BCUT2D eigenvalue weighted by Gasteiger charge is 2.12. The highest BCUT2D eigenvalue weighted by molar-refractivity contribution is 4.52. The second kappa shape index (κ2) is 5.07. The van der Waals surface area contributed by atoms with Crippen molar-refractivity contribution in [3.05, 3.63) is 20.2 Å². The maximum Gasteiger partial charge on any atom is 0.294 e. The van der Waals surface area contributed by atoms with Crippen LogP contribution in [0.5, 0.6) is 0 Å². The molecule has 2 N–H and O–H groups in total. The lowest BCUT2D eigenvalue weighted by atomic mass is 10.4. The third kappa shape index (κ3) is 5.17. The molecule has 70 valence electrons. The molecule has 12 heavy (non-hydrogen) atoms. The van der Waals surface area contributed by atoms with Gasteiger partial charge in [0.05, 0.1) is 0 Å². The number of nitrogens with two attached hydrogens (primary N) is 1. The zero-order valence-corrected chi connectivity index (χ0v) is 5.91. The predicted octanol–water partition coefficient (Wildman–Crippen LogP) is -1.27. The average molecular weight is 181 g/mol. The highest BCUT2D eigenvalue weighted by atomic mass is 17.0. The van der Waals surface area contributed by atoms with Gasteiger partial charge in [0.1, 0.15) is 12.7 Å². The molecule has 1 atom stereocenters. The summed E-state index contributed by atoms with van der Waals surface area (Å²) in [4.78, 5) is 27.1. The van der Waals surface area contributed by atoms with Crippen LogP contribution in [0.3, 0.4) is 0 Å². The van der Waals surface area contributed by atoms with Crippen molar-refractivity contribution < 1.29 is 19.8 Å². The van der Waals surface area contributed by atoms with E-state index in [1.54, 1.807) is 0 Å². The molecule has 0 aromatic heterocycles. The maximum absolute atomic E-state index is 9.72. The molecular formula is C3H7N3O6. The van der Waals surface area contributed by atoms with E-state index in [9.17, 15) is 20.2 Å². The minimum atomic E-state index is -1.11. The van der Waals surface area contributed by atoms with Crippen LogP contribution in [0.4, 0.5) is 0 Å². The first kappa shape index (κ1) is 10.4. The minimum absolute atomic E-state index is 0.227. The molecule has 0 aliphatic heterocycles. The summed E-state index contributed by atoms with van der Waals surface area (Å²) >= 11 is 0. The van der Waals surface area contributed by atoms with Crippen molar-refractivity contribution >= 4 is 0 Å². The van der Waals surface area contributed by atoms with Crippen molar-refractivity contribution in [2.24, 2.45) is 5.73 Å². The monoisotopic (exact) mass is 181 g/mol. The van der Waals surface area contributed by atoms with Gasteiger partial charge in [-0.2, -0.15) is 0 Å². The van der Waals surface area contributed by atoms with Crippen LogP contribution in [0.15, 0.2) is 0 Å². The van der Waals surface area contributed by atoms with Crippen LogP contribution < -0.4 is 5.73 Å².